The summed E-state index contributed by atoms with van der Waals surface area (Å²) in [5, 5.41) is 10.8. The second-order valence-electron chi connectivity index (χ2n) is 3.64. The average molecular weight is 219 g/mol. The van der Waals surface area contributed by atoms with E-state index >= 15 is 0 Å². The van der Waals surface area contributed by atoms with Gasteiger partial charge in [0.05, 0.1) is 12.2 Å². The Balaban J connectivity index is 2.34. The number of carbonyl (C=O) groups is 1. The fourth-order valence-corrected chi connectivity index (χ4v) is 1.66. The van der Waals surface area contributed by atoms with Gasteiger partial charge in [0, 0.05) is 31.4 Å². The van der Waals surface area contributed by atoms with Crippen LogP contribution in [0.5, 0.6) is 0 Å². The predicted molar refractivity (Wildman–Crippen MR) is 60.8 cm³/mol. The molecule has 4 nitrogen and oxygen atoms in total. The van der Waals surface area contributed by atoms with Gasteiger partial charge < -0.3 is 14.4 Å². The van der Waals surface area contributed by atoms with Crippen LogP contribution in [-0.2, 0) is 11.3 Å². The molecule has 84 valence electrons. The number of hydrogen-bond acceptors (Lipinski definition) is 2. The molecule has 1 N–H and O–H groups in total. The van der Waals surface area contributed by atoms with Gasteiger partial charge in [0.1, 0.15) is 0 Å². The summed E-state index contributed by atoms with van der Waals surface area (Å²) in [6.45, 7) is 1.42. The minimum atomic E-state index is -0.897. The van der Waals surface area contributed by atoms with E-state index in [1.807, 2.05) is 23.0 Å². The van der Waals surface area contributed by atoms with Gasteiger partial charge in [-0.05, 0) is 17.5 Å². The molecule has 0 atom stereocenters. The molecule has 0 aliphatic rings. The Morgan fingerprint density at radius 1 is 1.38 bits per heavy atom. The van der Waals surface area contributed by atoms with Gasteiger partial charge in [-0.15, -0.1) is 0 Å². The maximum atomic E-state index is 10.8. The highest BCUT2D eigenvalue weighted by atomic mass is 16.5. The number of methoxy groups -OCH3 is 1. The number of benzene rings is 1. The Hall–Kier alpha value is -1.81. The molecule has 1 aromatic heterocycles. The maximum Gasteiger partial charge on any atom is 0.335 e. The second-order valence-corrected chi connectivity index (χ2v) is 3.64. The largest absolute Gasteiger partial charge is 0.478 e. The Bertz CT molecular complexity index is 516. The molecule has 4 heteroatoms. The first-order valence-corrected chi connectivity index (χ1v) is 5.02. The average Bonchev–Trinajstić information content (AvgIpc) is 2.67. The zero-order chi connectivity index (χ0) is 11.5. The molecule has 0 saturated carbocycles. The molecule has 2 aromatic rings. The van der Waals surface area contributed by atoms with Gasteiger partial charge in [-0.25, -0.2) is 4.79 Å². The SMILES string of the molecule is COCCn1cc2ccc(C(=O)O)cc2c1. The quantitative estimate of drug-likeness (QED) is 0.855. The molecule has 2 rings (SSSR count). The van der Waals surface area contributed by atoms with E-state index in [4.69, 9.17) is 9.84 Å². The van der Waals surface area contributed by atoms with E-state index in [0.717, 1.165) is 17.3 Å². The molecular formula is C12H13NO3. The molecule has 0 spiro atoms. The van der Waals surface area contributed by atoms with Crippen molar-refractivity contribution in [1.29, 1.82) is 0 Å². The van der Waals surface area contributed by atoms with Gasteiger partial charge in [-0.3, -0.25) is 0 Å². The van der Waals surface area contributed by atoms with Crippen LogP contribution in [0.15, 0.2) is 30.6 Å². The highest BCUT2D eigenvalue weighted by Gasteiger charge is 2.05. The standard InChI is InChI=1S/C12H13NO3/c1-16-5-4-13-7-10-3-2-9(12(14)15)6-11(10)8-13/h2-3,6-8H,4-5H2,1H3,(H,14,15). The first-order chi connectivity index (χ1) is 7.70. The monoisotopic (exact) mass is 219 g/mol. The summed E-state index contributed by atoms with van der Waals surface area (Å²) in [6, 6.07) is 5.12. The van der Waals surface area contributed by atoms with Gasteiger partial charge in [0.25, 0.3) is 0 Å². The molecule has 0 amide bonds. The van der Waals surface area contributed by atoms with Crippen LogP contribution in [0.4, 0.5) is 0 Å². The third-order valence-corrected chi connectivity index (χ3v) is 2.50. The zero-order valence-electron chi connectivity index (χ0n) is 9.01. The van der Waals surface area contributed by atoms with Crippen LogP contribution >= 0.6 is 0 Å². The van der Waals surface area contributed by atoms with Crippen molar-refractivity contribution >= 4 is 16.7 Å². The van der Waals surface area contributed by atoms with Crippen molar-refractivity contribution < 1.29 is 14.6 Å². The van der Waals surface area contributed by atoms with Crippen molar-refractivity contribution in [3.63, 3.8) is 0 Å². The topological polar surface area (TPSA) is 51.5 Å². The molecular weight excluding hydrogens is 206 g/mol. The molecule has 16 heavy (non-hydrogen) atoms. The van der Waals surface area contributed by atoms with E-state index in [1.54, 1.807) is 19.2 Å². The van der Waals surface area contributed by atoms with Crippen molar-refractivity contribution in [3.05, 3.63) is 36.2 Å². The van der Waals surface area contributed by atoms with E-state index in [2.05, 4.69) is 0 Å². The van der Waals surface area contributed by atoms with Crippen LogP contribution in [0, 0.1) is 0 Å². The van der Waals surface area contributed by atoms with Crippen LogP contribution in [0.25, 0.3) is 10.8 Å². The van der Waals surface area contributed by atoms with Crippen molar-refractivity contribution in [2.24, 2.45) is 0 Å². The first-order valence-electron chi connectivity index (χ1n) is 5.02. The highest BCUT2D eigenvalue weighted by Crippen LogP contribution is 2.17. The molecule has 0 fully saturated rings. The molecule has 1 aromatic carbocycles. The molecule has 0 aliphatic heterocycles. The van der Waals surface area contributed by atoms with Crippen molar-refractivity contribution in [2.75, 3.05) is 13.7 Å². The summed E-state index contributed by atoms with van der Waals surface area (Å²) >= 11 is 0. The van der Waals surface area contributed by atoms with Crippen LogP contribution in [0.2, 0.25) is 0 Å². The van der Waals surface area contributed by atoms with Crippen LogP contribution in [0.1, 0.15) is 10.4 Å². The van der Waals surface area contributed by atoms with Crippen molar-refractivity contribution in [2.45, 2.75) is 6.54 Å². The molecule has 1 heterocycles. The number of fused-ring (bicyclic) bond motifs is 1. The van der Waals surface area contributed by atoms with E-state index in [0.29, 0.717) is 12.2 Å². The summed E-state index contributed by atoms with van der Waals surface area (Å²) in [5.41, 5.74) is 0.317. The van der Waals surface area contributed by atoms with Gasteiger partial charge in [-0.2, -0.15) is 0 Å². The number of aromatic nitrogens is 1. The van der Waals surface area contributed by atoms with E-state index in [9.17, 15) is 4.79 Å². The van der Waals surface area contributed by atoms with Crippen LogP contribution < -0.4 is 0 Å². The number of nitrogens with zero attached hydrogens (tertiary/aromatic N) is 1. The summed E-state index contributed by atoms with van der Waals surface area (Å²) in [5.74, 6) is -0.897. The number of carboxylic acid groups (broad SMARTS) is 1. The number of ether oxygens (including phenoxy) is 1. The van der Waals surface area contributed by atoms with Gasteiger partial charge >= 0.3 is 5.97 Å². The third kappa shape index (κ3) is 2.06. The number of hydrogen-bond donors (Lipinski definition) is 1. The van der Waals surface area contributed by atoms with Gasteiger partial charge in [0.15, 0.2) is 0 Å². The predicted octanol–water partition coefficient (Wildman–Crippen LogP) is 1.99. The van der Waals surface area contributed by atoms with Crippen molar-refractivity contribution in [1.82, 2.24) is 4.57 Å². The summed E-state index contributed by atoms with van der Waals surface area (Å²) in [6.07, 6.45) is 3.92. The second kappa shape index (κ2) is 4.37. The Kier molecular flexibility index (Phi) is 2.92. The lowest BCUT2D eigenvalue weighted by Crippen LogP contribution is -2.00. The van der Waals surface area contributed by atoms with E-state index < -0.39 is 5.97 Å². The Morgan fingerprint density at radius 3 is 2.81 bits per heavy atom. The number of rotatable bonds is 4. The minimum absolute atomic E-state index is 0.317. The fraction of sp³-hybridized carbons (Fsp3) is 0.250. The Morgan fingerprint density at radius 2 is 2.12 bits per heavy atom. The molecule has 0 saturated heterocycles. The smallest absolute Gasteiger partial charge is 0.335 e. The third-order valence-electron chi connectivity index (χ3n) is 2.50. The van der Waals surface area contributed by atoms with Crippen LogP contribution in [0.3, 0.4) is 0 Å². The number of aromatic carboxylic acids is 1. The van der Waals surface area contributed by atoms with E-state index in [1.165, 1.54) is 0 Å². The first kappa shape index (κ1) is 10.7. The van der Waals surface area contributed by atoms with E-state index in [-0.39, 0.29) is 0 Å². The van der Waals surface area contributed by atoms with Crippen molar-refractivity contribution in [3.8, 4) is 0 Å². The maximum absolute atomic E-state index is 10.8. The summed E-state index contributed by atoms with van der Waals surface area (Å²) < 4.78 is 6.99. The Labute approximate surface area is 93.1 Å². The fourth-order valence-electron chi connectivity index (χ4n) is 1.66. The van der Waals surface area contributed by atoms with Crippen LogP contribution in [-0.4, -0.2) is 29.4 Å². The highest BCUT2D eigenvalue weighted by molar-refractivity contribution is 5.94. The normalized spacial score (nSPS) is 10.8. The lowest BCUT2D eigenvalue weighted by Gasteiger charge is -1.99. The lowest BCUT2D eigenvalue weighted by atomic mass is 10.1. The lowest BCUT2D eigenvalue weighted by molar-refractivity contribution is 0.0697. The van der Waals surface area contributed by atoms with Gasteiger partial charge in [0.2, 0.25) is 0 Å². The summed E-state index contributed by atoms with van der Waals surface area (Å²) in [4.78, 5) is 10.8. The molecule has 0 radical (unpaired) electrons. The zero-order valence-corrected chi connectivity index (χ0v) is 9.01. The summed E-state index contributed by atoms with van der Waals surface area (Å²) in [7, 11) is 1.66. The molecule has 0 bridgehead atoms. The molecule has 0 aliphatic carbocycles. The minimum Gasteiger partial charge on any atom is -0.478 e. The number of carboxylic acids is 1. The molecule has 0 unspecified atom stereocenters. The van der Waals surface area contributed by atoms with Gasteiger partial charge in [-0.1, -0.05) is 6.07 Å².